The van der Waals surface area contributed by atoms with E-state index in [0.717, 1.165) is 53.2 Å². The molecule has 5 heteroatoms. The van der Waals surface area contributed by atoms with Crippen molar-refractivity contribution in [2.24, 2.45) is 0 Å². The number of carbonyl (C=O) groups excluding carboxylic acids is 1. The zero-order valence-electron chi connectivity index (χ0n) is 16.7. The normalized spacial score (nSPS) is 11.8. The van der Waals surface area contributed by atoms with Crippen molar-refractivity contribution in [2.45, 2.75) is 39.0 Å². The summed E-state index contributed by atoms with van der Waals surface area (Å²) in [7, 11) is 1.64. The SMILES string of the molecule is CCCc1[nH]nc(-c2cccc(OC)c2)c1NC(=O)C(CC)c1ccccc1. The molecule has 0 radical (unpaired) electrons. The van der Waals surface area contributed by atoms with E-state index in [9.17, 15) is 4.79 Å². The van der Waals surface area contributed by atoms with E-state index in [4.69, 9.17) is 4.74 Å². The van der Waals surface area contributed by atoms with Gasteiger partial charge in [0.1, 0.15) is 11.4 Å². The van der Waals surface area contributed by atoms with Crippen molar-refractivity contribution in [3.63, 3.8) is 0 Å². The molecular formula is C23H27N3O2. The lowest BCUT2D eigenvalue weighted by atomic mass is 9.95. The molecule has 2 N–H and O–H groups in total. The topological polar surface area (TPSA) is 67.0 Å². The van der Waals surface area contributed by atoms with Gasteiger partial charge in [-0.2, -0.15) is 5.10 Å². The third-order valence-electron chi connectivity index (χ3n) is 4.86. The van der Waals surface area contributed by atoms with Crippen LogP contribution >= 0.6 is 0 Å². The lowest BCUT2D eigenvalue weighted by Crippen LogP contribution is -2.21. The van der Waals surface area contributed by atoms with Crippen LogP contribution in [0.25, 0.3) is 11.3 Å². The van der Waals surface area contributed by atoms with Crippen molar-refractivity contribution >= 4 is 11.6 Å². The molecule has 1 atom stereocenters. The van der Waals surface area contributed by atoms with E-state index in [1.807, 2.05) is 61.5 Å². The Morgan fingerprint density at radius 1 is 1.14 bits per heavy atom. The van der Waals surface area contributed by atoms with Crippen molar-refractivity contribution < 1.29 is 9.53 Å². The molecule has 0 saturated carbocycles. The minimum absolute atomic E-state index is 0.0170. The second-order valence-corrected chi connectivity index (χ2v) is 6.77. The summed E-state index contributed by atoms with van der Waals surface area (Å²) >= 11 is 0. The lowest BCUT2D eigenvalue weighted by molar-refractivity contribution is -0.117. The largest absolute Gasteiger partial charge is 0.497 e. The number of benzene rings is 2. The van der Waals surface area contributed by atoms with Gasteiger partial charge in [-0.3, -0.25) is 9.89 Å². The Hall–Kier alpha value is -3.08. The smallest absolute Gasteiger partial charge is 0.232 e. The molecule has 1 aromatic heterocycles. The number of aryl methyl sites for hydroxylation is 1. The molecule has 1 unspecified atom stereocenters. The molecule has 0 saturated heterocycles. The standard InChI is InChI=1S/C23H27N3O2/c1-4-10-20-22(21(26-25-20)17-13-9-14-18(15-17)28-3)24-23(27)19(5-2)16-11-7-6-8-12-16/h6-9,11-15,19H,4-5,10H2,1-3H3,(H,24,27)(H,25,26). The maximum absolute atomic E-state index is 13.1. The van der Waals surface area contributed by atoms with Gasteiger partial charge in [0.2, 0.25) is 5.91 Å². The summed E-state index contributed by atoms with van der Waals surface area (Å²) in [5.41, 5.74) is 4.36. The molecular weight excluding hydrogens is 350 g/mol. The van der Waals surface area contributed by atoms with Gasteiger partial charge in [-0.05, 0) is 30.5 Å². The van der Waals surface area contributed by atoms with Crippen molar-refractivity contribution in [3.05, 3.63) is 65.9 Å². The van der Waals surface area contributed by atoms with Gasteiger partial charge in [-0.1, -0.05) is 62.7 Å². The first-order valence-electron chi connectivity index (χ1n) is 9.75. The van der Waals surface area contributed by atoms with Crippen LogP contribution in [0.4, 0.5) is 5.69 Å². The summed E-state index contributed by atoms with van der Waals surface area (Å²) in [6, 6.07) is 17.6. The predicted octanol–water partition coefficient (Wildman–Crippen LogP) is 5.17. The first kappa shape index (κ1) is 19.7. The van der Waals surface area contributed by atoms with E-state index >= 15 is 0 Å². The summed E-state index contributed by atoms with van der Waals surface area (Å²) in [4.78, 5) is 13.1. The molecule has 0 bridgehead atoms. The number of carbonyl (C=O) groups is 1. The van der Waals surface area contributed by atoms with Crippen molar-refractivity contribution in [2.75, 3.05) is 12.4 Å². The minimum atomic E-state index is -0.205. The molecule has 28 heavy (non-hydrogen) atoms. The van der Waals surface area contributed by atoms with Crippen molar-refractivity contribution in [1.29, 1.82) is 0 Å². The Morgan fingerprint density at radius 2 is 1.93 bits per heavy atom. The Morgan fingerprint density at radius 3 is 2.61 bits per heavy atom. The highest BCUT2D eigenvalue weighted by atomic mass is 16.5. The maximum Gasteiger partial charge on any atom is 0.232 e. The Kier molecular flexibility index (Phi) is 6.48. The Balaban J connectivity index is 1.95. The van der Waals surface area contributed by atoms with Gasteiger partial charge >= 0.3 is 0 Å². The predicted molar refractivity (Wildman–Crippen MR) is 113 cm³/mol. The number of nitrogens with zero attached hydrogens (tertiary/aromatic N) is 1. The molecule has 0 fully saturated rings. The van der Waals surface area contributed by atoms with Crippen LogP contribution in [0.3, 0.4) is 0 Å². The highest BCUT2D eigenvalue weighted by Gasteiger charge is 2.23. The van der Waals surface area contributed by atoms with E-state index in [1.165, 1.54) is 0 Å². The van der Waals surface area contributed by atoms with Gasteiger partial charge < -0.3 is 10.1 Å². The number of amides is 1. The van der Waals surface area contributed by atoms with Crippen LogP contribution in [-0.2, 0) is 11.2 Å². The maximum atomic E-state index is 13.1. The van der Waals surface area contributed by atoms with E-state index in [0.29, 0.717) is 0 Å². The van der Waals surface area contributed by atoms with Crippen LogP contribution in [0.1, 0.15) is 43.9 Å². The number of rotatable bonds is 8. The van der Waals surface area contributed by atoms with Crippen molar-refractivity contribution in [3.8, 4) is 17.0 Å². The number of aromatic amines is 1. The van der Waals surface area contributed by atoms with Crippen LogP contribution in [0.5, 0.6) is 5.75 Å². The second-order valence-electron chi connectivity index (χ2n) is 6.77. The Bertz CT molecular complexity index is 919. The summed E-state index contributed by atoms with van der Waals surface area (Å²) < 4.78 is 5.34. The van der Waals surface area contributed by atoms with Gasteiger partial charge in [-0.25, -0.2) is 0 Å². The lowest BCUT2D eigenvalue weighted by Gasteiger charge is -2.16. The van der Waals surface area contributed by atoms with Gasteiger partial charge in [0, 0.05) is 5.56 Å². The zero-order valence-corrected chi connectivity index (χ0v) is 16.7. The molecule has 146 valence electrons. The molecule has 1 heterocycles. The number of anilines is 1. The highest BCUT2D eigenvalue weighted by Crippen LogP contribution is 2.33. The first-order chi connectivity index (χ1) is 13.7. The summed E-state index contributed by atoms with van der Waals surface area (Å²) in [5, 5.41) is 10.8. The third kappa shape index (κ3) is 4.25. The van der Waals surface area contributed by atoms with Crippen LogP contribution in [0.15, 0.2) is 54.6 Å². The molecule has 2 aromatic carbocycles. The van der Waals surface area contributed by atoms with E-state index in [1.54, 1.807) is 7.11 Å². The average molecular weight is 377 g/mol. The number of hydrogen-bond acceptors (Lipinski definition) is 3. The number of aromatic nitrogens is 2. The van der Waals surface area contributed by atoms with Gasteiger partial charge in [-0.15, -0.1) is 0 Å². The number of ether oxygens (including phenoxy) is 1. The fourth-order valence-electron chi connectivity index (χ4n) is 3.39. The zero-order chi connectivity index (χ0) is 19.9. The van der Waals surface area contributed by atoms with E-state index in [2.05, 4.69) is 22.4 Å². The average Bonchev–Trinajstić information content (AvgIpc) is 3.12. The summed E-state index contributed by atoms with van der Waals surface area (Å²) in [6.45, 7) is 4.14. The molecule has 1 amide bonds. The van der Waals surface area contributed by atoms with Crippen LogP contribution < -0.4 is 10.1 Å². The monoisotopic (exact) mass is 377 g/mol. The second kappa shape index (κ2) is 9.22. The molecule has 0 spiro atoms. The van der Waals surface area contributed by atoms with Crippen LogP contribution in [0, 0.1) is 0 Å². The third-order valence-corrected chi connectivity index (χ3v) is 4.86. The number of methoxy groups -OCH3 is 1. The summed E-state index contributed by atoms with van der Waals surface area (Å²) in [5.74, 6) is 0.533. The quantitative estimate of drug-likeness (QED) is 0.569. The van der Waals surface area contributed by atoms with Gasteiger partial charge in [0.25, 0.3) is 0 Å². The summed E-state index contributed by atoms with van der Waals surface area (Å²) in [6.07, 6.45) is 2.50. The molecule has 0 aliphatic heterocycles. The Labute approximate surface area is 166 Å². The van der Waals surface area contributed by atoms with Crippen LogP contribution in [0.2, 0.25) is 0 Å². The molecule has 5 nitrogen and oxygen atoms in total. The highest BCUT2D eigenvalue weighted by molar-refractivity contribution is 5.99. The fraction of sp³-hybridized carbons (Fsp3) is 0.304. The van der Waals surface area contributed by atoms with Gasteiger partial charge in [0.05, 0.1) is 24.4 Å². The number of H-pyrrole nitrogens is 1. The van der Waals surface area contributed by atoms with Crippen molar-refractivity contribution in [1.82, 2.24) is 10.2 Å². The number of hydrogen-bond donors (Lipinski definition) is 2. The molecule has 3 aromatic rings. The number of nitrogens with one attached hydrogen (secondary N) is 2. The molecule has 0 aliphatic rings. The first-order valence-corrected chi connectivity index (χ1v) is 9.75. The van der Waals surface area contributed by atoms with Crippen LogP contribution in [-0.4, -0.2) is 23.2 Å². The fourth-order valence-corrected chi connectivity index (χ4v) is 3.39. The van der Waals surface area contributed by atoms with E-state index < -0.39 is 0 Å². The van der Waals surface area contributed by atoms with Gasteiger partial charge in [0.15, 0.2) is 0 Å². The molecule has 3 rings (SSSR count). The van der Waals surface area contributed by atoms with E-state index in [-0.39, 0.29) is 11.8 Å². The molecule has 0 aliphatic carbocycles. The minimum Gasteiger partial charge on any atom is -0.497 e.